The Hall–Kier alpha value is -2.15. The quantitative estimate of drug-likeness (QED) is 0.903. The molecule has 0 radical (unpaired) electrons. The summed E-state index contributed by atoms with van der Waals surface area (Å²) in [6, 6.07) is 3.29. The minimum atomic E-state index is 0.143. The Kier molecular flexibility index (Phi) is 4.10. The van der Waals surface area contributed by atoms with E-state index in [0.29, 0.717) is 42.7 Å². The first-order valence-electron chi connectivity index (χ1n) is 8.56. The Morgan fingerprint density at radius 1 is 1.38 bits per heavy atom. The fraction of sp³-hybridized carbons (Fsp3) is 0.588. The third-order valence-electron chi connectivity index (χ3n) is 5.19. The van der Waals surface area contributed by atoms with Crippen LogP contribution in [-0.4, -0.2) is 46.1 Å². The number of nitrogens with zero attached hydrogens (tertiary/aromatic N) is 3. The third kappa shape index (κ3) is 3.08. The topological polar surface area (TPSA) is 84.4 Å². The SMILES string of the molecule is CN(C(=O)CCc1nc(-c2ccoc2)no1)C1CC2CCC(C1)N2. The fourth-order valence-corrected chi connectivity index (χ4v) is 3.80. The molecule has 2 atom stereocenters. The molecule has 4 rings (SSSR count). The molecule has 2 aromatic heterocycles. The Bertz CT molecular complexity index is 685. The molecular formula is C17H22N4O3. The summed E-state index contributed by atoms with van der Waals surface area (Å²) < 4.78 is 10.2. The molecule has 0 spiro atoms. The molecule has 2 fully saturated rings. The molecule has 0 aliphatic carbocycles. The molecule has 24 heavy (non-hydrogen) atoms. The maximum absolute atomic E-state index is 12.5. The summed E-state index contributed by atoms with van der Waals surface area (Å²) in [6.07, 6.45) is 8.58. The van der Waals surface area contributed by atoms with Crippen LogP contribution in [-0.2, 0) is 11.2 Å². The van der Waals surface area contributed by atoms with Gasteiger partial charge in [0.05, 0.1) is 11.8 Å². The molecule has 1 amide bonds. The van der Waals surface area contributed by atoms with Crippen molar-refractivity contribution < 1.29 is 13.7 Å². The minimum Gasteiger partial charge on any atom is -0.472 e. The molecule has 7 nitrogen and oxygen atoms in total. The molecule has 2 bridgehead atoms. The van der Waals surface area contributed by atoms with E-state index in [-0.39, 0.29) is 5.91 Å². The van der Waals surface area contributed by atoms with Gasteiger partial charge in [0.2, 0.25) is 17.6 Å². The summed E-state index contributed by atoms with van der Waals surface area (Å²) in [4.78, 5) is 18.7. The van der Waals surface area contributed by atoms with Gasteiger partial charge < -0.3 is 19.2 Å². The number of rotatable bonds is 5. The summed E-state index contributed by atoms with van der Waals surface area (Å²) in [5.74, 6) is 1.12. The Labute approximate surface area is 140 Å². The van der Waals surface area contributed by atoms with Gasteiger partial charge in [0.25, 0.3) is 0 Å². The molecule has 0 aromatic carbocycles. The van der Waals surface area contributed by atoms with E-state index < -0.39 is 0 Å². The molecule has 4 heterocycles. The zero-order valence-corrected chi connectivity index (χ0v) is 13.8. The Morgan fingerprint density at radius 2 is 2.17 bits per heavy atom. The van der Waals surface area contributed by atoms with Crippen molar-refractivity contribution in [3.63, 3.8) is 0 Å². The lowest BCUT2D eigenvalue weighted by Crippen LogP contribution is -2.48. The largest absolute Gasteiger partial charge is 0.472 e. The highest BCUT2D eigenvalue weighted by Crippen LogP contribution is 2.29. The van der Waals surface area contributed by atoms with E-state index in [0.717, 1.165) is 18.4 Å². The van der Waals surface area contributed by atoms with Gasteiger partial charge in [-0.3, -0.25) is 4.79 Å². The molecule has 1 N–H and O–H groups in total. The number of piperidine rings is 1. The number of carbonyl (C=O) groups excluding carboxylic acids is 1. The monoisotopic (exact) mass is 330 g/mol. The van der Waals surface area contributed by atoms with Crippen LogP contribution in [0.15, 0.2) is 27.5 Å². The summed E-state index contributed by atoms with van der Waals surface area (Å²) in [6.45, 7) is 0. The lowest BCUT2D eigenvalue weighted by Gasteiger charge is -2.35. The number of amides is 1. The van der Waals surface area contributed by atoms with E-state index in [9.17, 15) is 4.79 Å². The van der Waals surface area contributed by atoms with Crippen molar-refractivity contribution in [2.45, 2.75) is 56.7 Å². The summed E-state index contributed by atoms with van der Waals surface area (Å²) in [5.41, 5.74) is 0.777. The highest BCUT2D eigenvalue weighted by Gasteiger charge is 2.36. The number of hydrogen-bond acceptors (Lipinski definition) is 6. The zero-order valence-electron chi connectivity index (χ0n) is 13.8. The van der Waals surface area contributed by atoms with Crippen molar-refractivity contribution in [1.29, 1.82) is 0 Å². The van der Waals surface area contributed by atoms with Gasteiger partial charge in [-0.1, -0.05) is 5.16 Å². The average Bonchev–Trinajstić information content (AvgIpc) is 3.32. The zero-order chi connectivity index (χ0) is 16.5. The van der Waals surface area contributed by atoms with E-state index in [4.69, 9.17) is 8.94 Å². The molecule has 0 saturated carbocycles. The van der Waals surface area contributed by atoms with E-state index in [2.05, 4.69) is 15.5 Å². The Morgan fingerprint density at radius 3 is 2.88 bits per heavy atom. The Balaban J connectivity index is 1.31. The first-order chi connectivity index (χ1) is 11.7. The highest BCUT2D eigenvalue weighted by molar-refractivity contribution is 5.76. The van der Waals surface area contributed by atoms with Crippen molar-refractivity contribution in [1.82, 2.24) is 20.4 Å². The maximum atomic E-state index is 12.5. The number of aryl methyl sites for hydroxylation is 1. The van der Waals surface area contributed by atoms with Crippen LogP contribution >= 0.6 is 0 Å². The highest BCUT2D eigenvalue weighted by atomic mass is 16.5. The molecular weight excluding hydrogens is 308 g/mol. The molecule has 2 aliphatic rings. The predicted molar refractivity (Wildman–Crippen MR) is 86.1 cm³/mol. The van der Waals surface area contributed by atoms with E-state index in [1.54, 1.807) is 18.6 Å². The third-order valence-corrected chi connectivity index (χ3v) is 5.19. The number of hydrogen-bond donors (Lipinski definition) is 1. The lowest BCUT2D eigenvalue weighted by atomic mass is 9.98. The van der Waals surface area contributed by atoms with E-state index in [1.165, 1.54) is 12.8 Å². The first kappa shape index (κ1) is 15.4. The van der Waals surface area contributed by atoms with Crippen LogP contribution in [0.1, 0.15) is 38.0 Å². The van der Waals surface area contributed by atoms with Gasteiger partial charge in [-0.25, -0.2) is 0 Å². The number of fused-ring (bicyclic) bond motifs is 2. The maximum Gasteiger partial charge on any atom is 0.227 e. The number of furan rings is 1. The molecule has 128 valence electrons. The van der Waals surface area contributed by atoms with Crippen LogP contribution in [0, 0.1) is 0 Å². The summed E-state index contributed by atoms with van der Waals surface area (Å²) >= 11 is 0. The number of aromatic nitrogens is 2. The van der Waals surface area contributed by atoms with Gasteiger partial charge in [0, 0.05) is 38.0 Å². The van der Waals surface area contributed by atoms with Crippen LogP contribution in [0.5, 0.6) is 0 Å². The lowest BCUT2D eigenvalue weighted by molar-refractivity contribution is -0.132. The van der Waals surface area contributed by atoms with Crippen LogP contribution in [0.3, 0.4) is 0 Å². The summed E-state index contributed by atoms with van der Waals surface area (Å²) in [7, 11) is 1.92. The van der Waals surface area contributed by atoms with Gasteiger partial charge in [0.1, 0.15) is 6.26 Å². The van der Waals surface area contributed by atoms with Crippen molar-refractivity contribution >= 4 is 5.91 Å². The van der Waals surface area contributed by atoms with Crippen LogP contribution in [0.2, 0.25) is 0 Å². The van der Waals surface area contributed by atoms with Gasteiger partial charge in [-0.05, 0) is 31.7 Å². The van der Waals surface area contributed by atoms with E-state index >= 15 is 0 Å². The average molecular weight is 330 g/mol. The van der Waals surface area contributed by atoms with Gasteiger partial charge in [-0.15, -0.1) is 0 Å². The smallest absolute Gasteiger partial charge is 0.227 e. The minimum absolute atomic E-state index is 0.143. The number of carbonyl (C=O) groups is 1. The van der Waals surface area contributed by atoms with Crippen molar-refractivity contribution in [2.24, 2.45) is 0 Å². The molecule has 2 unspecified atom stereocenters. The molecule has 2 aliphatic heterocycles. The second-order valence-electron chi connectivity index (χ2n) is 6.79. The van der Waals surface area contributed by atoms with Crippen LogP contribution in [0.4, 0.5) is 0 Å². The standard InChI is InChI=1S/C17H22N4O3/c1-21(14-8-12-2-3-13(9-14)18-12)16(22)5-4-15-19-17(20-24-15)11-6-7-23-10-11/h6-7,10,12-14,18H,2-5,8-9H2,1H3. The normalized spacial score (nSPS) is 25.8. The number of nitrogens with one attached hydrogen (secondary N) is 1. The van der Waals surface area contributed by atoms with Crippen molar-refractivity contribution in [2.75, 3.05) is 7.05 Å². The molecule has 7 heteroatoms. The van der Waals surface area contributed by atoms with Crippen molar-refractivity contribution in [3.8, 4) is 11.4 Å². The van der Waals surface area contributed by atoms with Gasteiger partial charge in [-0.2, -0.15) is 4.98 Å². The first-order valence-corrected chi connectivity index (χ1v) is 8.56. The summed E-state index contributed by atoms with van der Waals surface area (Å²) in [5, 5.41) is 7.53. The van der Waals surface area contributed by atoms with Gasteiger partial charge in [0.15, 0.2) is 0 Å². The van der Waals surface area contributed by atoms with Gasteiger partial charge >= 0.3 is 0 Å². The molecule has 2 aromatic rings. The van der Waals surface area contributed by atoms with E-state index in [1.807, 2.05) is 11.9 Å². The fourth-order valence-electron chi connectivity index (χ4n) is 3.80. The second-order valence-corrected chi connectivity index (χ2v) is 6.79. The van der Waals surface area contributed by atoms with Crippen molar-refractivity contribution in [3.05, 3.63) is 24.5 Å². The predicted octanol–water partition coefficient (Wildman–Crippen LogP) is 2.00. The van der Waals surface area contributed by atoms with Crippen LogP contribution < -0.4 is 5.32 Å². The second kappa shape index (κ2) is 6.39. The molecule has 2 saturated heterocycles. The van der Waals surface area contributed by atoms with Crippen LogP contribution in [0.25, 0.3) is 11.4 Å².